The predicted molar refractivity (Wildman–Crippen MR) is 93.7 cm³/mol. The van der Waals surface area contributed by atoms with Crippen molar-refractivity contribution < 1.29 is 19.7 Å². The van der Waals surface area contributed by atoms with Gasteiger partial charge in [0.05, 0.1) is 18.4 Å². The molecule has 0 unspecified atom stereocenters. The number of aliphatic hydroxyl groups is 2. The summed E-state index contributed by atoms with van der Waals surface area (Å²) in [5.41, 5.74) is 0.464. The van der Waals surface area contributed by atoms with Gasteiger partial charge in [0, 0.05) is 7.05 Å². The van der Waals surface area contributed by atoms with Crippen molar-refractivity contribution in [3.8, 4) is 0 Å². The molecule has 0 spiro atoms. The van der Waals surface area contributed by atoms with Gasteiger partial charge in [0.25, 0.3) is 0 Å². The second kappa shape index (κ2) is 6.69. The average molecular weight is 364 g/mol. The number of nitrogens with one attached hydrogen (secondary N) is 2. The minimum atomic E-state index is -1.13. The molecule has 26 heavy (non-hydrogen) atoms. The molecule has 2 heterocycles. The highest BCUT2D eigenvalue weighted by Crippen LogP contribution is 2.33. The highest BCUT2D eigenvalue weighted by molar-refractivity contribution is 5.82. The van der Waals surface area contributed by atoms with Gasteiger partial charge < -0.3 is 30.2 Å². The van der Waals surface area contributed by atoms with Crippen LogP contribution < -0.4 is 10.6 Å². The van der Waals surface area contributed by atoms with Gasteiger partial charge >= 0.3 is 6.09 Å². The average Bonchev–Trinajstić information content (AvgIpc) is 3.09. The van der Waals surface area contributed by atoms with E-state index >= 15 is 0 Å². The fraction of sp³-hybridized carbons (Fsp3) is 0.625. The number of ether oxygens (including phenoxy) is 1. The molecule has 10 heteroatoms. The molecule has 2 aromatic heterocycles. The van der Waals surface area contributed by atoms with Crippen LogP contribution in [0.2, 0.25) is 0 Å². The van der Waals surface area contributed by atoms with Crippen LogP contribution in [0.25, 0.3) is 11.2 Å². The third kappa shape index (κ3) is 3.42. The summed E-state index contributed by atoms with van der Waals surface area (Å²) in [6.07, 6.45) is 0.420. The third-order valence-electron chi connectivity index (χ3n) is 4.31. The highest BCUT2D eigenvalue weighted by Gasteiger charge is 2.44. The quantitative estimate of drug-likeness (QED) is 0.616. The number of imidazole rings is 1. The first-order chi connectivity index (χ1) is 12.2. The van der Waals surface area contributed by atoms with Crippen LogP contribution in [0.1, 0.15) is 33.2 Å². The Labute approximate surface area is 150 Å². The molecule has 2 aromatic rings. The fourth-order valence-electron chi connectivity index (χ4n) is 3.16. The molecule has 3 rings (SSSR count). The minimum Gasteiger partial charge on any atom is -0.444 e. The van der Waals surface area contributed by atoms with E-state index in [-0.39, 0.29) is 0 Å². The zero-order valence-electron chi connectivity index (χ0n) is 15.2. The largest absolute Gasteiger partial charge is 0.444 e. The smallest absolute Gasteiger partial charge is 0.407 e. The van der Waals surface area contributed by atoms with E-state index in [1.807, 2.05) is 0 Å². The number of carbonyl (C=O) groups is 1. The van der Waals surface area contributed by atoms with Crippen molar-refractivity contribution in [3.05, 3.63) is 12.7 Å². The maximum absolute atomic E-state index is 12.0. The zero-order valence-corrected chi connectivity index (χ0v) is 15.2. The Morgan fingerprint density at radius 2 is 2.00 bits per heavy atom. The van der Waals surface area contributed by atoms with Gasteiger partial charge in [-0.15, -0.1) is 0 Å². The van der Waals surface area contributed by atoms with Crippen molar-refractivity contribution in [2.75, 3.05) is 12.4 Å². The Morgan fingerprint density at radius 1 is 1.27 bits per heavy atom. The van der Waals surface area contributed by atoms with Crippen molar-refractivity contribution in [2.45, 2.75) is 57.1 Å². The number of aliphatic hydroxyl groups excluding tert-OH is 2. The van der Waals surface area contributed by atoms with Crippen LogP contribution >= 0.6 is 0 Å². The first-order valence-electron chi connectivity index (χ1n) is 8.42. The molecule has 1 amide bonds. The van der Waals surface area contributed by atoms with E-state index in [0.717, 1.165) is 0 Å². The second-order valence-electron chi connectivity index (χ2n) is 7.33. The summed E-state index contributed by atoms with van der Waals surface area (Å²) in [7, 11) is 1.73. The molecule has 4 atom stereocenters. The van der Waals surface area contributed by atoms with Crippen molar-refractivity contribution >= 4 is 23.1 Å². The summed E-state index contributed by atoms with van der Waals surface area (Å²) < 4.78 is 6.92. The van der Waals surface area contributed by atoms with E-state index in [9.17, 15) is 15.0 Å². The maximum atomic E-state index is 12.0. The topological polar surface area (TPSA) is 134 Å². The Morgan fingerprint density at radius 3 is 2.65 bits per heavy atom. The monoisotopic (exact) mass is 364 g/mol. The van der Waals surface area contributed by atoms with Gasteiger partial charge in [-0.05, 0) is 27.2 Å². The van der Waals surface area contributed by atoms with Crippen LogP contribution in [0.4, 0.5) is 10.6 Å². The summed E-state index contributed by atoms with van der Waals surface area (Å²) in [4.78, 5) is 24.6. The number of amides is 1. The molecular weight excluding hydrogens is 340 g/mol. The lowest BCUT2D eigenvalue weighted by Gasteiger charge is -2.23. The van der Waals surface area contributed by atoms with Gasteiger partial charge in [-0.25, -0.2) is 19.7 Å². The Bertz CT molecular complexity index is 802. The Hall–Kier alpha value is -2.46. The first kappa shape index (κ1) is 18.3. The van der Waals surface area contributed by atoms with Gasteiger partial charge in [-0.1, -0.05) is 0 Å². The summed E-state index contributed by atoms with van der Waals surface area (Å²) in [5, 5.41) is 26.4. The Kier molecular flexibility index (Phi) is 4.72. The van der Waals surface area contributed by atoms with Crippen molar-refractivity contribution in [1.29, 1.82) is 0 Å². The number of aromatic nitrogens is 4. The standard InChI is InChI=1S/C16H24N6O4/c1-16(2,3)26-15(25)21-8-5-9(12(24)11(8)23)22-7-20-10-13(17-4)18-6-19-14(10)22/h6-9,11-12,23-24H,5H2,1-4H3,(H,21,25)(H,17,18,19)/t8-,9+,11-,12+/m0/s1. The normalized spacial score (nSPS) is 26.1. The lowest BCUT2D eigenvalue weighted by molar-refractivity contribution is 0.00906. The maximum Gasteiger partial charge on any atom is 0.407 e. The lowest BCUT2D eigenvalue weighted by atomic mass is 10.2. The SMILES string of the molecule is CNc1ncnc2c1ncn2[C@@H]1C[C@H](NC(=O)OC(C)(C)C)[C@H](O)[C@@H]1O. The number of fused-ring (bicyclic) bond motifs is 1. The van der Waals surface area contributed by atoms with Crippen LogP contribution in [0.15, 0.2) is 12.7 Å². The third-order valence-corrected chi connectivity index (χ3v) is 4.31. The molecule has 10 nitrogen and oxygen atoms in total. The molecule has 1 aliphatic carbocycles. The summed E-state index contributed by atoms with van der Waals surface area (Å²) in [6.45, 7) is 5.27. The number of anilines is 1. The molecule has 0 radical (unpaired) electrons. The molecule has 0 bridgehead atoms. The van der Waals surface area contributed by atoms with Crippen LogP contribution in [0.5, 0.6) is 0 Å². The van der Waals surface area contributed by atoms with Gasteiger partial charge in [-0.2, -0.15) is 0 Å². The zero-order chi connectivity index (χ0) is 19.1. The van der Waals surface area contributed by atoms with Crippen LogP contribution in [0, 0.1) is 0 Å². The van der Waals surface area contributed by atoms with E-state index in [1.165, 1.54) is 6.33 Å². The number of carbonyl (C=O) groups excluding carboxylic acids is 1. The number of rotatable bonds is 3. The second-order valence-corrected chi connectivity index (χ2v) is 7.33. The van der Waals surface area contributed by atoms with Crippen molar-refractivity contribution in [1.82, 2.24) is 24.8 Å². The molecular formula is C16H24N6O4. The van der Waals surface area contributed by atoms with E-state index in [4.69, 9.17) is 4.74 Å². The van der Waals surface area contributed by atoms with E-state index < -0.39 is 36.0 Å². The van der Waals surface area contributed by atoms with Crippen LogP contribution in [-0.2, 0) is 4.74 Å². The van der Waals surface area contributed by atoms with Gasteiger partial charge in [-0.3, -0.25) is 0 Å². The molecule has 4 N–H and O–H groups in total. The molecule has 1 fully saturated rings. The molecule has 1 aliphatic rings. The lowest BCUT2D eigenvalue weighted by Crippen LogP contribution is -2.45. The van der Waals surface area contributed by atoms with E-state index in [0.29, 0.717) is 23.4 Å². The summed E-state index contributed by atoms with van der Waals surface area (Å²) in [6, 6.07) is -1.14. The van der Waals surface area contributed by atoms with Crippen molar-refractivity contribution in [3.63, 3.8) is 0 Å². The van der Waals surface area contributed by atoms with Crippen LogP contribution in [0.3, 0.4) is 0 Å². The number of alkyl carbamates (subject to hydrolysis) is 1. The number of hydrogen-bond donors (Lipinski definition) is 4. The highest BCUT2D eigenvalue weighted by atomic mass is 16.6. The molecule has 1 saturated carbocycles. The number of nitrogens with zero attached hydrogens (tertiary/aromatic N) is 4. The summed E-state index contributed by atoms with van der Waals surface area (Å²) >= 11 is 0. The summed E-state index contributed by atoms with van der Waals surface area (Å²) in [5.74, 6) is 0.574. The Balaban J connectivity index is 1.81. The minimum absolute atomic E-state index is 0.311. The molecule has 142 valence electrons. The van der Waals surface area contributed by atoms with Gasteiger partial charge in [0.15, 0.2) is 11.5 Å². The van der Waals surface area contributed by atoms with Crippen LogP contribution in [-0.4, -0.2) is 66.7 Å². The number of hydrogen-bond acceptors (Lipinski definition) is 8. The van der Waals surface area contributed by atoms with E-state index in [2.05, 4.69) is 25.6 Å². The molecule has 0 saturated heterocycles. The fourth-order valence-corrected chi connectivity index (χ4v) is 3.16. The molecule has 0 aliphatic heterocycles. The molecule has 0 aromatic carbocycles. The van der Waals surface area contributed by atoms with Gasteiger partial charge in [0.2, 0.25) is 0 Å². The van der Waals surface area contributed by atoms with E-state index in [1.54, 1.807) is 38.7 Å². The first-order valence-corrected chi connectivity index (χ1v) is 8.42. The van der Waals surface area contributed by atoms with Gasteiger partial charge in [0.1, 0.15) is 29.7 Å². The predicted octanol–water partition coefficient (Wildman–Crippen LogP) is 0.428. The van der Waals surface area contributed by atoms with Crippen molar-refractivity contribution in [2.24, 2.45) is 0 Å².